The van der Waals surface area contributed by atoms with Crippen LogP contribution in [0, 0.1) is 5.92 Å². The van der Waals surface area contributed by atoms with E-state index in [0.29, 0.717) is 51.3 Å². The number of hydrogen-bond acceptors (Lipinski definition) is 6. The number of halogens is 2. The minimum Gasteiger partial charge on any atom is -0.493 e. The number of anilines is 1. The summed E-state index contributed by atoms with van der Waals surface area (Å²) in [6, 6.07) is 12.0. The zero-order valence-electron chi connectivity index (χ0n) is 15.9. The molecule has 0 spiro atoms. The summed E-state index contributed by atoms with van der Waals surface area (Å²) in [6.07, 6.45) is 0. The predicted molar refractivity (Wildman–Crippen MR) is 112 cm³/mol. The molecule has 5 nitrogen and oxygen atoms in total. The standard InChI is InChI=1S/C20H20F2N2O3S2/c1-12(2)10-26-13-4-3-5-14(8-13)27-11-18(25)24-20-23-16-7-6-15(28-19(21)22)9-17(16)29-20/h3-9,12,19H,10-11H2,1-2H3,(H,23,24,25). The van der Waals surface area contributed by atoms with Crippen LogP contribution in [0.15, 0.2) is 47.4 Å². The molecule has 0 saturated heterocycles. The van der Waals surface area contributed by atoms with E-state index in [4.69, 9.17) is 9.47 Å². The van der Waals surface area contributed by atoms with Crippen LogP contribution in [0.25, 0.3) is 10.2 Å². The van der Waals surface area contributed by atoms with Crippen molar-refractivity contribution in [2.45, 2.75) is 24.5 Å². The first-order chi connectivity index (χ1) is 13.9. The van der Waals surface area contributed by atoms with Crippen LogP contribution in [-0.2, 0) is 4.79 Å². The molecule has 1 aromatic heterocycles. The van der Waals surface area contributed by atoms with Gasteiger partial charge in [-0.25, -0.2) is 4.98 Å². The van der Waals surface area contributed by atoms with Crippen LogP contribution in [0.3, 0.4) is 0 Å². The van der Waals surface area contributed by atoms with Crippen molar-refractivity contribution in [1.29, 1.82) is 0 Å². The number of carbonyl (C=O) groups is 1. The second kappa shape index (κ2) is 9.89. The summed E-state index contributed by atoms with van der Waals surface area (Å²) in [7, 11) is 0. The van der Waals surface area contributed by atoms with Crippen molar-refractivity contribution in [3.05, 3.63) is 42.5 Å². The van der Waals surface area contributed by atoms with E-state index in [1.807, 2.05) is 6.07 Å². The van der Waals surface area contributed by atoms with Gasteiger partial charge >= 0.3 is 0 Å². The summed E-state index contributed by atoms with van der Waals surface area (Å²) < 4.78 is 36.9. The third-order valence-electron chi connectivity index (χ3n) is 3.59. The van der Waals surface area contributed by atoms with Gasteiger partial charge in [0.25, 0.3) is 11.7 Å². The van der Waals surface area contributed by atoms with Crippen LogP contribution in [0.5, 0.6) is 11.5 Å². The van der Waals surface area contributed by atoms with E-state index in [1.54, 1.807) is 36.4 Å². The van der Waals surface area contributed by atoms with Crippen molar-refractivity contribution in [3.8, 4) is 11.5 Å². The number of fused-ring (bicyclic) bond motifs is 1. The Kier molecular flexibility index (Phi) is 7.27. The molecule has 1 N–H and O–H groups in total. The lowest BCUT2D eigenvalue weighted by Crippen LogP contribution is -2.20. The molecule has 0 aliphatic carbocycles. The average molecular weight is 439 g/mol. The maximum absolute atomic E-state index is 12.5. The number of nitrogens with zero attached hydrogens (tertiary/aromatic N) is 1. The largest absolute Gasteiger partial charge is 0.493 e. The molecule has 3 rings (SSSR count). The van der Waals surface area contributed by atoms with E-state index in [2.05, 4.69) is 24.1 Å². The Bertz CT molecular complexity index is 979. The van der Waals surface area contributed by atoms with Gasteiger partial charge in [-0.15, -0.1) is 0 Å². The fourth-order valence-electron chi connectivity index (χ4n) is 2.36. The Morgan fingerprint density at radius 1 is 1.17 bits per heavy atom. The smallest absolute Gasteiger partial charge is 0.288 e. The number of thioether (sulfide) groups is 1. The molecule has 0 unspecified atom stereocenters. The molecule has 2 aromatic carbocycles. The number of carbonyl (C=O) groups excluding carboxylic acids is 1. The molecule has 29 heavy (non-hydrogen) atoms. The van der Waals surface area contributed by atoms with Crippen LogP contribution in [0.1, 0.15) is 13.8 Å². The number of aromatic nitrogens is 1. The number of benzene rings is 2. The zero-order valence-corrected chi connectivity index (χ0v) is 17.5. The number of thiazole rings is 1. The second-order valence-corrected chi connectivity index (χ2v) is 8.64. The molecule has 9 heteroatoms. The van der Waals surface area contributed by atoms with Gasteiger partial charge in [-0.3, -0.25) is 10.1 Å². The number of nitrogens with one attached hydrogen (secondary N) is 1. The van der Waals surface area contributed by atoms with Gasteiger partial charge in [0.1, 0.15) is 11.5 Å². The lowest BCUT2D eigenvalue weighted by molar-refractivity contribution is -0.118. The van der Waals surface area contributed by atoms with Gasteiger partial charge in [-0.2, -0.15) is 8.78 Å². The van der Waals surface area contributed by atoms with Gasteiger partial charge in [0, 0.05) is 11.0 Å². The van der Waals surface area contributed by atoms with Gasteiger partial charge in [-0.05, 0) is 36.2 Å². The molecule has 0 radical (unpaired) electrons. The molecular weight excluding hydrogens is 418 g/mol. The molecule has 1 amide bonds. The summed E-state index contributed by atoms with van der Waals surface area (Å²) >= 11 is 1.70. The number of hydrogen-bond donors (Lipinski definition) is 1. The highest BCUT2D eigenvalue weighted by Gasteiger charge is 2.11. The Morgan fingerprint density at radius 3 is 2.66 bits per heavy atom. The summed E-state index contributed by atoms with van der Waals surface area (Å²) in [5.74, 6) is -1.23. The van der Waals surface area contributed by atoms with Gasteiger partial charge < -0.3 is 9.47 Å². The molecule has 154 valence electrons. The van der Waals surface area contributed by atoms with Gasteiger partial charge in [-0.1, -0.05) is 43.0 Å². The lowest BCUT2D eigenvalue weighted by Gasteiger charge is -2.10. The summed E-state index contributed by atoms with van der Waals surface area (Å²) in [6.45, 7) is 4.53. The minimum atomic E-state index is -2.48. The average Bonchev–Trinajstić information content (AvgIpc) is 3.06. The minimum absolute atomic E-state index is 0.184. The van der Waals surface area contributed by atoms with Crippen molar-refractivity contribution in [3.63, 3.8) is 0 Å². The molecular formula is C20H20F2N2O3S2. The van der Waals surface area contributed by atoms with E-state index < -0.39 is 5.76 Å². The van der Waals surface area contributed by atoms with E-state index in [1.165, 1.54) is 11.3 Å². The highest BCUT2D eigenvalue weighted by atomic mass is 32.2. The number of amides is 1. The van der Waals surface area contributed by atoms with Crippen LogP contribution in [0.4, 0.5) is 13.9 Å². The molecule has 0 saturated carbocycles. The van der Waals surface area contributed by atoms with E-state index in [0.717, 1.165) is 4.70 Å². The van der Waals surface area contributed by atoms with Gasteiger partial charge in [0.2, 0.25) is 0 Å². The fraction of sp³-hybridized carbons (Fsp3) is 0.300. The highest BCUT2D eigenvalue weighted by molar-refractivity contribution is 7.99. The predicted octanol–water partition coefficient (Wildman–Crippen LogP) is 5.66. The quantitative estimate of drug-likeness (QED) is 0.437. The third kappa shape index (κ3) is 6.57. The molecule has 1 heterocycles. The normalized spacial score (nSPS) is 11.2. The second-order valence-electron chi connectivity index (χ2n) is 6.54. The molecule has 0 aliphatic rings. The van der Waals surface area contributed by atoms with Crippen molar-refractivity contribution < 1.29 is 23.0 Å². The lowest BCUT2D eigenvalue weighted by atomic mass is 10.2. The third-order valence-corrected chi connectivity index (χ3v) is 5.23. The Balaban J connectivity index is 1.56. The first-order valence-corrected chi connectivity index (χ1v) is 10.6. The van der Waals surface area contributed by atoms with Crippen molar-refractivity contribution in [2.75, 3.05) is 18.5 Å². The van der Waals surface area contributed by atoms with E-state index >= 15 is 0 Å². The molecule has 0 aliphatic heterocycles. The van der Waals surface area contributed by atoms with E-state index in [-0.39, 0.29) is 12.5 Å². The van der Waals surface area contributed by atoms with E-state index in [9.17, 15) is 13.6 Å². The molecule has 0 fully saturated rings. The Hall–Kier alpha value is -2.39. The Labute approximate surface area is 175 Å². The summed E-state index contributed by atoms with van der Waals surface area (Å²) in [4.78, 5) is 16.9. The van der Waals surface area contributed by atoms with Crippen molar-refractivity contribution >= 4 is 44.4 Å². The van der Waals surface area contributed by atoms with Crippen molar-refractivity contribution in [1.82, 2.24) is 4.98 Å². The van der Waals surface area contributed by atoms with Gasteiger partial charge in [0.15, 0.2) is 11.7 Å². The number of alkyl halides is 2. The maximum Gasteiger partial charge on any atom is 0.288 e. The monoisotopic (exact) mass is 438 g/mol. The number of ether oxygens (including phenoxy) is 2. The van der Waals surface area contributed by atoms with Crippen molar-refractivity contribution in [2.24, 2.45) is 5.92 Å². The molecule has 3 aromatic rings. The SMILES string of the molecule is CC(C)COc1cccc(OCC(=O)Nc2nc3ccc(SC(F)F)cc3s2)c1. The molecule has 0 atom stereocenters. The van der Waals surface area contributed by atoms with Crippen LogP contribution < -0.4 is 14.8 Å². The highest BCUT2D eigenvalue weighted by Crippen LogP contribution is 2.32. The fourth-order valence-corrected chi connectivity index (χ4v) is 3.89. The first kappa shape index (κ1) is 21.3. The zero-order chi connectivity index (χ0) is 20.8. The van der Waals surface area contributed by atoms with Crippen LogP contribution >= 0.6 is 23.1 Å². The van der Waals surface area contributed by atoms with Gasteiger partial charge in [0.05, 0.1) is 16.8 Å². The number of rotatable bonds is 9. The van der Waals surface area contributed by atoms with Crippen LogP contribution in [-0.4, -0.2) is 29.9 Å². The van der Waals surface area contributed by atoms with Crippen LogP contribution in [0.2, 0.25) is 0 Å². The topological polar surface area (TPSA) is 60.5 Å². The Morgan fingerprint density at radius 2 is 1.93 bits per heavy atom. The summed E-state index contributed by atoms with van der Waals surface area (Å²) in [5, 5.41) is 3.06. The summed E-state index contributed by atoms with van der Waals surface area (Å²) in [5.41, 5.74) is 0.639. The molecule has 0 bridgehead atoms. The first-order valence-electron chi connectivity index (χ1n) is 8.90. The maximum atomic E-state index is 12.5.